The second kappa shape index (κ2) is 11.1. The zero-order valence-electron chi connectivity index (χ0n) is 16.2. The van der Waals surface area contributed by atoms with Gasteiger partial charge in [0, 0.05) is 0 Å². The van der Waals surface area contributed by atoms with Crippen molar-refractivity contribution in [3.8, 4) is 0 Å². The third-order valence-electron chi connectivity index (χ3n) is 5.04. The van der Waals surface area contributed by atoms with Crippen molar-refractivity contribution in [2.24, 2.45) is 0 Å². The highest BCUT2D eigenvalue weighted by molar-refractivity contribution is 6.66. The molecule has 0 bridgehead atoms. The Bertz CT molecular complexity index is 564. The van der Waals surface area contributed by atoms with Gasteiger partial charge >= 0.3 is 11.9 Å². The Balaban J connectivity index is 3.77. The van der Waals surface area contributed by atoms with Crippen LogP contribution in [0.15, 0.2) is 0 Å². The second-order valence-corrected chi connectivity index (χ2v) is 8.75. The van der Waals surface area contributed by atoms with Gasteiger partial charge in [0.05, 0.1) is 39.5 Å². The number of quaternary nitrogens is 2. The number of rotatable bonds is 12. The summed E-state index contributed by atoms with van der Waals surface area (Å²) in [5.74, 6) is 0.420. The maximum Gasteiger partial charge on any atom is 0.337 e. The molecule has 9 nitrogen and oxygen atoms in total. The Morgan fingerprint density at radius 3 is 1.21 bits per heavy atom. The lowest BCUT2D eigenvalue weighted by atomic mass is 10.3. The summed E-state index contributed by atoms with van der Waals surface area (Å²) >= 11 is 18.2. The molecule has 0 saturated heterocycles. The smallest absolute Gasteiger partial charge is 0.337 e. The molecule has 1 heterocycles. The lowest BCUT2D eigenvalue weighted by Gasteiger charge is -2.37. The summed E-state index contributed by atoms with van der Waals surface area (Å²) in [6, 6.07) is 0. The molecule has 0 fully saturated rings. The highest BCUT2D eigenvalue weighted by atomic mass is 35.6. The van der Waals surface area contributed by atoms with Crippen LogP contribution < -0.4 is 8.97 Å². The minimum atomic E-state index is -1.92. The average molecular weight is 463 g/mol. The molecule has 0 aliphatic rings. The van der Waals surface area contributed by atoms with E-state index in [1.54, 1.807) is 0 Å². The number of aromatic nitrogens is 3. The van der Waals surface area contributed by atoms with E-state index in [4.69, 9.17) is 34.8 Å². The Kier molecular flexibility index (Phi) is 10.2. The van der Waals surface area contributed by atoms with Gasteiger partial charge < -0.3 is 20.4 Å². The van der Waals surface area contributed by atoms with Gasteiger partial charge in [-0.25, -0.2) is 0 Å². The van der Waals surface area contributed by atoms with E-state index in [9.17, 15) is 20.4 Å². The molecule has 0 aromatic carbocycles. The van der Waals surface area contributed by atoms with Gasteiger partial charge in [-0.1, -0.05) is 34.8 Å². The van der Waals surface area contributed by atoms with Gasteiger partial charge in [-0.3, -0.25) is 8.97 Å². The van der Waals surface area contributed by atoms with Crippen LogP contribution in [0.4, 0.5) is 11.9 Å². The van der Waals surface area contributed by atoms with Crippen LogP contribution >= 0.6 is 34.8 Å². The van der Waals surface area contributed by atoms with Crippen molar-refractivity contribution in [3.63, 3.8) is 0 Å². The Labute approximate surface area is 180 Å². The topological polar surface area (TPSA) is 120 Å². The van der Waals surface area contributed by atoms with E-state index in [1.807, 2.05) is 13.8 Å². The average Bonchev–Trinajstić information content (AvgIpc) is 2.66. The van der Waals surface area contributed by atoms with E-state index in [0.717, 1.165) is 0 Å². The number of hydrogen-bond donors (Lipinski definition) is 4. The molecule has 1 aromatic heterocycles. The first-order valence-corrected chi connectivity index (χ1v) is 10.3. The highest BCUT2D eigenvalue weighted by Gasteiger charge is 2.41. The molecule has 0 saturated carbocycles. The molecule has 0 spiro atoms. The fraction of sp³-hybridized carbons (Fsp3) is 0.812. The van der Waals surface area contributed by atoms with E-state index in [1.165, 1.54) is 0 Å². The number of aliphatic hydroxyl groups excluding tert-OH is 4. The number of nitrogens with zero attached hydrogens (tertiary/aromatic N) is 5. The molecule has 0 aliphatic carbocycles. The summed E-state index contributed by atoms with van der Waals surface area (Å²) in [5, 5.41) is 38.3. The minimum Gasteiger partial charge on any atom is -0.390 e. The number of hydrogen-bond acceptors (Lipinski definition) is 7. The van der Waals surface area contributed by atoms with Gasteiger partial charge in [-0.15, -0.1) is 4.98 Å². The minimum absolute atomic E-state index is 0.0677. The largest absolute Gasteiger partial charge is 0.390 e. The van der Waals surface area contributed by atoms with Crippen molar-refractivity contribution >= 4 is 46.7 Å². The van der Waals surface area contributed by atoms with Crippen LogP contribution in [0.3, 0.4) is 0 Å². The van der Waals surface area contributed by atoms with Crippen molar-refractivity contribution in [1.29, 1.82) is 0 Å². The Morgan fingerprint density at radius 1 is 0.679 bits per heavy atom. The molecule has 1 rings (SSSR count). The molecule has 4 N–H and O–H groups in total. The number of aliphatic hydroxyl groups is 4. The fourth-order valence-electron chi connectivity index (χ4n) is 3.21. The highest BCUT2D eigenvalue weighted by Crippen LogP contribution is 2.38. The number of halogens is 3. The molecular weight excluding hydrogens is 433 g/mol. The fourth-order valence-corrected chi connectivity index (χ4v) is 3.46. The summed E-state index contributed by atoms with van der Waals surface area (Å²) in [7, 11) is 0. The van der Waals surface area contributed by atoms with E-state index in [2.05, 4.69) is 15.0 Å². The maximum atomic E-state index is 9.58. The van der Waals surface area contributed by atoms with Crippen molar-refractivity contribution < 1.29 is 20.4 Å². The molecule has 0 aliphatic heterocycles. The molecule has 1 aromatic rings. The van der Waals surface area contributed by atoms with Gasteiger partial charge in [0.2, 0.25) is 0 Å². The van der Waals surface area contributed by atoms with Gasteiger partial charge in [-0.2, -0.15) is 9.97 Å². The van der Waals surface area contributed by atoms with Gasteiger partial charge in [0.25, 0.3) is 3.79 Å². The zero-order valence-corrected chi connectivity index (χ0v) is 18.5. The normalized spacial score (nSPS) is 13.2. The monoisotopic (exact) mass is 461 g/mol. The second-order valence-electron chi connectivity index (χ2n) is 6.47. The molecule has 0 unspecified atom stereocenters. The standard InChI is InChI=1S/C16H30Cl3N5O4/c1-3-23(5-9-25,6-10-26)14-20-13(16(17,18)19)21-15(22-14)24(4-2,7-11-27)8-12-28/h25-28H,3-12H2,1-2H3/q+2. The number of likely N-dealkylation sites (N-methyl/N-ethyl adjacent to an activating group) is 2. The van der Waals surface area contributed by atoms with Crippen LogP contribution in [0.1, 0.15) is 19.7 Å². The third kappa shape index (κ3) is 5.84. The Hall–Kier alpha value is -0.360. The lowest BCUT2D eigenvalue weighted by Crippen LogP contribution is -2.56. The Morgan fingerprint density at radius 2 is 1.00 bits per heavy atom. The van der Waals surface area contributed by atoms with Crippen molar-refractivity contribution in [1.82, 2.24) is 23.9 Å². The third-order valence-corrected chi connectivity index (χ3v) is 5.54. The van der Waals surface area contributed by atoms with Crippen LogP contribution in [0.5, 0.6) is 0 Å². The van der Waals surface area contributed by atoms with Crippen LogP contribution in [0, 0.1) is 0 Å². The molecule has 0 amide bonds. The molecule has 0 atom stereocenters. The first-order valence-electron chi connectivity index (χ1n) is 9.18. The molecule has 0 radical (unpaired) electrons. The van der Waals surface area contributed by atoms with E-state index >= 15 is 0 Å². The van der Waals surface area contributed by atoms with Crippen LogP contribution in [-0.4, -0.2) is 101 Å². The van der Waals surface area contributed by atoms with Crippen LogP contribution in [0.2, 0.25) is 0 Å². The van der Waals surface area contributed by atoms with Crippen LogP contribution in [-0.2, 0) is 3.79 Å². The van der Waals surface area contributed by atoms with Crippen molar-refractivity contribution in [2.75, 3.05) is 65.7 Å². The first-order chi connectivity index (χ1) is 13.2. The van der Waals surface area contributed by atoms with Crippen molar-refractivity contribution in [2.45, 2.75) is 17.6 Å². The molecule has 162 valence electrons. The summed E-state index contributed by atoms with van der Waals surface area (Å²) in [5.41, 5.74) is 0. The summed E-state index contributed by atoms with van der Waals surface area (Å²) < 4.78 is -1.79. The van der Waals surface area contributed by atoms with Crippen LogP contribution in [0.25, 0.3) is 0 Å². The van der Waals surface area contributed by atoms with E-state index < -0.39 is 3.79 Å². The predicted molar refractivity (Wildman–Crippen MR) is 112 cm³/mol. The van der Waals surface area contributed by atoms with E-state index in [-0.39, 0.29) is 79.3 Å². The van der Waals surface area contributed by atoms with E-state index in [0.29, 0.717) is 13.1 Å². The SMILES string of the molecule is CC[N+](CCO)(CCO)c1nc(C(Cl)(Cl)Cl)nc([N+](CC)(CCO)CCO)n1. The van der Waals surface area contributed by atoms with Gasteiger partial charge in [0.1, 0.15) is 26.2 Å². The first kappa shape index (κ1) is 25.7. The molecule has 12 heteroatoms. The van der Waals surface area contributed by atoms with Crippen molar-refractivity contribution in [3.05, 3.63) is 5.82 Å². The lowest BCUT2D eigenvalue weighted by molar-refractivity contribution is 0.152. The number of alkyl halides is 3. The summed E-state index contributed by atoms with van der Waals surface area (Å²) in [6.45, 7) is 5.14. The molecular formula is C16H30Cl3N5O4+2. The maximum absolute atomic E-state index is 9.58. The molecule has 28 heavy (non-hydrogen) atoms. The zero-order chi connectivity index (χ0) is 21.4. The van der Waals surface area contributed by atoms with Gasteiger partial charge in [0.15, 0.2) is 5.82 Å². The summed E-state index contributed by atoms with van der Waals surface area (Å²) in [4.78, 5) is 13.3. The van der Waals surface area contributed by atoms with Gasteiger partial charge in [-0.05, 0) is 13.8 Å². The quantitative estimate of drug-likeness (QED) is 0.261. The predicted octanol–water partition coefficient (Wildman–Crippen LogP) is 0.322. The summed E-state index contributed by atoms with van der Waals surface area (Å²) in [6.07, 6.45) is 0.